The molecule has 0 aliphatic rings. The summed E-state index contributed by atoms with van der Waals surface area (Å²) in [6.07, 6.45) is 0.595. The summed E-state index contributed by atoms with van der Waals surface area (Å²) in [5.41, 5.74) is -0.0228. The normalized spacial score (nSPS) is 10.2. The number of nitriles is 1. The topological polar surface area (TPSA) is 68.0 Å². The van der Waals surface area contributed by atoms with E-state index in [0.29, 0.717) is 24.0 Å². The number of hydrogen-bond acceptors (Lipinski definition) is 6. The average Bonchev–Trinajstić information content (AvgIpc) is 2.84. The summed E-state index contributed by atoms with van der Waals surface area (Å²) in [6.45, 7) is 0.529. The van der Waals surface area contributed by atoms with Crippen molar-refractivity contribution >= 4 is 11.5 Å². The zero-order valence-corrected chi connectivity index (χ0v) is 10.9. The highest BCUT2D eigenvalue weighted by molar-refractivity contribution is 7.07. The molecule has 2 aromatic rings. The van der Waals surface area contributed by atoms with Crippen LogP contribution in [0.3, 0.4) is 0 Å². The second-order valence-corrected chi connectivity index (χ2v) is 4.29. The molecule has 0 bridgehead atoms. The lowest BCUT2D eigenvalue weighted by molar-refractivity contribution is 0.200. The van der Waals surface area contributed by atoms with Crippen LogP contribution in [-0.2, 0) is 11.2 Å². The maximum Gasteiger partial charge on any atom is 0.298 e. The molecule has 0 fully saturated rings. The molecule has 0 aliphatic heterocycles. The third-order valence-corrected chi connectivity index (χ3v) is 2.88. The zero-order chi connectivity index (χ0) is 13.7. The van der Waals surface area contributed by atoms with E-state index in [9.17, 15) is 4.39 Å². The quantitative estimate of drug-likeness (QED) is 0.841. The smallest absolute Gasteiger partial charge is 0.298 e. The minimum atomic E-state index is -0.621. The van der Waals surface area contributed by atoms with Gasteiger partial charge in [-0.25, -0.2) is 4.39 Å². The van der Waals surface area contributed by atoms with Crippen LogP contribution >= 0.6 is 11.5 Å². The van der Waals surface area contributed by atoms with E-state index in [1.54, 1.807) is 13.2 Å². The molecule has 2 rings (SSSR count). The Balaban J connectivity index is 2.07. The Hall–Kier alpha value is -2.04. The van der Waals surface area contributed by atoms with Gasteiger partial charge in [0.15, 0.2) is 0 Å². The summed E-state index contributed by atoms with van der Waals surface area (Å²) in [6, 6.07) is 5.76. The Morgan fingerprint density at radius 3 is 3.00 bits per heavy atom. The molecule has 0 N–H and O–H groups in total. The summed E-state index contributed by atoms with van der Waals surface area (Å²) in [5, 5.41) is 8.95. The van der Waals surface area contributed by atoms with Crippen LogP contribution in [0.4, 0.5) is 4.39 Å². The highest BCUT2D eigenvalue weighted by Gasteiger charge is 2.08. The number of nitrogens with zero attached hydrogens (tertiary/aromatic N) is 3. The Morgan fingerprint density at radius 2 is 2.32 bits per heavy atom. The van der Waals surface area contributed by atoms with Gasteiger partial charge in [0.2, 0.25) is 0 Å². The first-order valence-corrected chi connectivity index (χ1v) is 6.19. The summed E-state index contributed by atoms with van der Waals surface area (Å²) in [7, 11) is 1.60. The second kappa shape index (κ2) is 6.22. The maximum absolute atomic E-state index is 13.4. The van der Waals surface area contributed by atoms with E-state index in [1.165, 1.54) is 12.1 Å². The number of hydrogen-bond donors (Lipinski definition) is 0. The van der Waals surface area contributed by atoms with Crippen LogP contribution in [0.5, 0.6) is 10.9 Å². The number of halogens is 1. The van der Waals surface area contributed by atoms with Gasteiger partial charge in [-0.05, 0) is 12.1 Å². The van der Waals surface area contributed by atoms with E-state index in [1.807, 2.05) is 0 Å². The minimum Gasteiger partial charge on any atom is -0.430 e. The van der Waals surface area contributed by atoms with Gasteiger partial charge in [-0.1, -0.05) is 0 Å². The minimum absolute atomic E-state index is 0.0228. The SMILES string of the molecule is COCCc1nsc(Oc2ccc(C#N)c(F)c2)n1. The van der Waals surface area contributed by atoms with Crippen LogP contribution in [0.15, 0.2) is 18.2 Å². The lowest BCUT2D eigenvalue weighted by Crippen LogP contribution is -1.96. The first-order valence-electron chi connectivity index (χ1n) is 5.42. The van der Waals surface area contributed by atoms with Crippen LogP contribution in [0, 0.1) is 17.1 Å². The molecular formula is C12H10FN3O2S. The molecule has 0 aliphatic carbocycles. The molecule has 0 unspecified atom stereocenters. The molecule has 0 radical (unpaired) electrons. The Labute approximate surface area is 113 Å². The number of methoxy groups -OCH3 is 1. The van der Waals surface area contributed by atoms with E-state index >= 15 is 0 Å². The summed E-state index contributed by atoms with van der Waals surface area (Å²) in [4.78, 5) is 4.13. The van der Waals surface area contributed by atoms with Crippen LogP contribution in [0.1, 0.15) is 11.4 Å². The van der Waals surface area contributed by atoms with Gasteiger partial charge in [0, 0.05) is 31.1 Å². The third-order valence-electron chi connectivity index (χ3n) is 2.25. The van der Waals surface area contributed by atoms with Crippen molar-refractivity contribution in [1.82, 2.24) is 9.36 Å². The number of benzene rings is 1. The average molecular weight is 279 g/mol. The van der Waals surface area contributed by atoms with Crippen LogP contribution in [0.2, 0.25) is 0 Å². The van der Waals surface area contributed by atoms with Gasteiger partial charge >= 0.3 is 0 Å². The van der Waals surface area contributed by atoms with E-state index < -0.39 is 5.82 Å². The van der Waals surface area contributed by atoms with Gasteiger partial charge < -0.3 is 9.47 Å². The number of rotatable bonds is 5. The van der Waals surface area contributed by atoms with Gasteiger partial charge in [0.25, 0.3) is 5.19 Å². The lowest BCUT2D eigenvalue weighted by atomic mass is 10.2. The van der Waals surface area contributed by atoms with Crippen LogP contribution < -0.4 is 4.74 Å². The van der Waals surface area contributed by atoms with Gasteiger partial charge in [-0.15, -0.1) is 0 Å². The van der Waals surface area contributed by atoms with Gasteiger partial charge in [0.05, 0.1) is 12.2 Å². The molecule has 7 heteroatoms. The third kappa shape index (κ3) is 3.47. The van der Waals surface area contributed by atoms with E-state index in [2.05, 4.69) is 9.36 Å². The molecule has 0 atom stereocenters. The molecule has 1 aromatic heterocycles. The Kier molecular flexibility index (Phi) is 4.39. The van der Waals surface area contributed by atoms with E-state index in [0.717, 1.165) is 17.6 Å². The standard InChI is InChI=1S/C12H10FN3O2S/c1-17-5-4-11-15-12(19-16-11)18-9-3-2-8(7-14)10(13)6-9/h2-3,6H,4-5H2,1H3. The molecular weight excluding hydrogens is 269 g/mol. The first kappa shape index (κ1) is 13.4. The fourth-order valence-corrected chi connectivity index (χ4v) is 1.92. The van der Waals surface area contributed by atoms with Crippen molar-refractivity contribution in [2.75, 3.05) is 13.7 Å². The van der Waals surface area contributed by atoms with Crippen LogP contribution in [0.25, 0.3) is 0 Å². The van der Waals surface area contributed by atoms with Crippen molar-refractivity contribution in [3.05, 3.63) is 35.4 Å². The summed E-state index contributed by atoms with van der Waals surface area (Å²) in [5.74, 6) is 0.283. The van der Waals surface area contributed by atoms with Crippen molar-refractivity contribution < 1.29 is 13.9 Å². The molecule has 1 aromatic carbocycles. The van der Waals surface area contributed by atoms with E-state index in [-0.39, 0.29) is 11.3 Å². The first-order chi connectivity index (χ1) is 9.22. The summed E-state index contributed by atoms with van der Waals surface area (Å²) >= 11 is 1.08. The Bertz CT molecular complexity index is 609. The van der Waals surface area contributed by atoms with Crippen molar-refractivity contribution in [1.29, 1.82) is 5.26 Å². The van der Waals surface area contributed by atoms with Crippen molar-refractivity contribution in [2.45, 2.75) is 6.42 Å². The monoisotopic (exact) mass is 279 g/mol. The number of aromatic nitrogens is 2. The number of ether oxygens (including phenoxy) is 2. The zero-order valence-electron chi connectivity index (χ0n) is 10.1. The predicted molar refractivity (Wildman–Crippen MR) is 66.7 cm³/mol. The van der Waals surface area contributed by atoms with Crippen molar-refractivity contribution in [3.8, 4) is 17.0 Å². The lowest BCUT2D eigenvalue weighted by Gasteiger charge is -2.01. The maximum atomic E-state index is 13.4. The highest BCUT2D eigenvalue weighted by atomic mass is 32.1. The molecule has 0 saturated heterocycles. The van der Waals surface area contributed by atoms with Crippen molar-refractivity contribution in [3.63, 3.8) is 0 Å². The molecule has 19 heavy (non-hydrogen) atoms. The summed E-state index contributed by atoms with van der Waals surface area (Å²) < 4.78 is 27.8. The van der Waals surface area contributed by atoms with Gasteiger partial charge in [0.1, 0.15) is 23.5 Å². The largest absolute Gasteiger partial charge is 0.430 e. The fraction of sp³-hybridized carbons (Fsp3) is 0.250. The highest BCUT2D eigenvalue weighted by Crippen LogP contribution is 2.24. The van der Waals surface area contributed by atoms with Crippen molar-refractivity contribution in [2.24, 2.45) is 0 Å². The predicted octanol–water partition coefficient (Wildman–Crippen LogP) is 2.53. The van der Waals surface area contributed by atoms with E-state index in [4.69, 9.17) is 14.7 Å². The molecule has 1 heterocycles. The van der Waals surface area contributed by atoms with Crippen LogP contribution in [-0.4, -0.2) is 23.1 Å². The molecule has 0 amide bonds. The molecule has 0 spiro atoms. The van der Waals surface area contributed by atoms with Gasteiger partial charge in [-0.3, -0.25) is 0 Å². The molecule has 98 valence electrons. The van der Waals surface area contributed by atoms with Gasteiger partial charge in [-0.2, -0.15) is 14.6 Å². The Morgan fingerprint density at radius 1 is 1.47 bits per heavy atom. The second-order valence-electron chi connectivity index (χ2n) is 3.57. The molecule has 0 saturated carbocycles. The fourth-order valence-electron chi connectivity index (χ4n) is 1.33. The molecule has 5 nitrogen and oxygen atoms in total.